The van der Waals surface area contributed by atoms with Gasteiger partial charge in [0.2, 0.25) is 0 Å². The first-order valence-electron chi connectivity index (χ1n) is 8.64. The van der Waals surface area contributed by atoms with Crippen LogP contribution in [0.1, 0.15) is 44.2 Å². The summed E-state index contributed by atoms with van der Waals surface area (Å²) in [5.41, 5.74) is -0.710. The first kappa shape index (κ1) is 15.1. The largest absolute Gasteiger partial charge is 0.390 e. The van der Waals surface area contributed by atoms with Crippen molar-refractivity contribution >= 4 is 11.3 Å². The second kappa shape index (κ2) is 4.91. The average Bonchev–Trinajstić information content (AvgIpc) is 3.13. The van der Waals surface area contributed by atoms with Crippen molar-refractivity contribution in [3.63, 3.8) is 0 Å². The van der Waals surface area contributed by atoms with Gasteiger partial charge in [0.1, 0.15) is 0 Å². The number of hydrogen-bond acceptors (Lipinski definition) is 6. The number of hydrogen-bond donors (Lipinski definition) is 3. The maximum Gasteiger partial charge on any atom is 0.177 e. The molecule has 0 amide bonds. The summed E-state index contributed by atoms with van der Waals surface area (Å²) < 4.78 is 5.44. The van der Waals surface area contributed by atoms with Gasteiger partial charge in [-0.25, -0.2) is 0 Å². The van der Waals surface area contributed by atoms with Crippen molar-refractivity contribution in [2.45, 2.75) is 61.8 Å². The van der Waals surface area contributed by atoms with Crippen LogP contribution in [0.4, 0.5) is 0 Å². The second-order valence-electron chi connectivity index (χ2n) is 8.25. The maximum absolute atomic E-state index is 10.8. The molecule has 0 saturated heterocycles. The minimum absolute atomic E-state index is 0.176. The summed E-state index contributed by atoms with van der Waals surface area (Å²) in [6, 6.07) is 5.99. The Hall–Kier alpha value is -1.21. The number of nitrogens with one attached hydrogen (secondary N) is 1. The van der Waals surface area contributed by atoms with Gasteiger partial charge in [-0.3, -0.25) is 0 Å². The van der Waals surface area contributed by atoms with Crippen molar-refractivity contribution in [3.05, 3.63) is 29.3 Å². The van der Waals surface area contributed by atoms with E-state index in [0.29, 0.717) is 18.9 Å². The molecule has 4 aliphatic carbocycles. The Morgan fingerprint density at radius 1 is 1.21 bits per heavy atom. The van der Waals surface area contributed by atoms with Gasteiger partial charge in [-0.05, 0) is 49.5 Å². The molecule has 3 N–H and O–H groups in total. The number of aromatic nitrogens is 1. The zero-order valence-electron chi connectivity index (χ0n) is 13.5. The molecule has 0 aliphatic heterocycles. The third-order valence-corrected chi connectivity index (χ3v) is 6.86. The Balaban J connectivity index is 1.33. The van der Waals surface area contributed by atoms with Gasteiger partial charge in [-0.15, -0.1) is 11.3 Å². The molecule has 4 fully saturated rings. The van der Waals surface area contributed by atoms with E-state index >= 15 is 0 Å². The van der Waals surface area contributed by atoms with Crippen molar-refractivity contribution in [2.75, 3.05) is 0 Å². The highest BCUT2D eigenvalue weighted by Gasteiger charge is 2.62. The van der Waals surface area contributed by atoms with Crippen molar-refractivity contribution in [3.8, 4) is 10.6 Å². The minimum atomic E-state index is -0.701. The number of aliphatic hydroxyl groups is 2. The summed E-state index contributed by atoms with van der Waals surface area (Å²) in [6.07, 6.45) is 4.71. The summed E-state index contributed by atoms with van der Waals surface area (Å²) in [6.45, 7) is 0.605. The zero-order chi connectivity index (χ0) is 16.4. The van der Waals surface area contributed by atoms with Crippen LogP contribution < -0.4 is 5.32 Å². The molecule has 5 nitrogen and oxygen atoms in total. The van der Waals surface area contributed by atoms with Gasteiger partial charge in [0, 0.05) is 24.6 Å². The lowest BCUT2D eigenvalue weighted by molar-refractivity contribution is -0.212. The van der Waals surface area contributed by atoms with Crippen LogP contribution in [0, 0.1) is 5.92 Å². The van der Waals surface area contributed by atoms with E-state index in [2.05, 4.69) is 10.5 Å². The lowest BCUT2D eigenvalue weighted by atomic mass is 9.49. The SMILES string of the molecule is OC12CC3CC(O)(C1)CC(NCc1cc(-c4cccs4)on1)(C3)C2. The predicted molar refractivity (Wildman–Crippen MR) is 90.5 cm³/mol. The van der Waals surface area contributed by atoms with Crippen LogP contribution in [0.15, 0.2) is 28.1 Å². The molecule has 0 radical (unpaired) electrons. The van der Waals surface area contributed by atoms with Crippen molar-refractivity contribution in [1.29, 1.82) is 0 Å². The molecular formula is C18H22N2O3S. The van der Waals surface area contributed by atoms with Crippen molar-refractivity contribution < 1.29 is 14.7 Å². The summed E-state index contributed by atoms with van der Waals surface area (Å²) in [5.74, 6) is 1.22. The van der Waals surface area contributed by atoms with Gasteiger partial charge in [0.25, 0.3) is 0 Å². The molecule has 2 aromatic rings. The normalized spacial score (nSPS) is 40.3. The molecule has 4 aliphatic rings. The fourth-order valence-electron chi connectivity index (χ4n) is 5.74. The van der Waals surface area contributed by atoms with Gasteiger partial charge in [-0.1, -0.05) is 11.2 Å². The fraction of sp³-hybridized carbons (Fsp3) is 0.611. The molecule has 4 bridgehead atoms. The Labute approximate surface area is 144 Å². The number of nitrogens with zero attached hydrogens (tertiary/aromatic N) is 1. The molecule has 128 valence electrons. The van der Waals surface area contributed by atoms with Gasteiger partial charge in [-0.2, -0.15) is 0 Å². The van der Waals surface area contributed by atoms with Crippen LogP contribution in [-0.4, -0.2) is 32.1 Å². The monoisotopic (exact) mass is 346 g/mol. The Kier molecular flexibility index (Phi) is 3.09. The summed E-state index contributed by atoms with van der Waals surface area (Å²) in [5, 5.41) is 31.5. The van der Waals surface area contributed by atoms with Crippen LogP contribution in [0.2, 0.25) is 0 Å². The van der Waals surface area contributed by atoms with Gasteiger partial charge in [0.15, 0.2) is 5.76 Å². The fourth-order valence-corrected chi connectivity index (χ4v) is 6.42. The van der Waals surface area contributed by atoms with E-state index in [0.717, 1.165) is 48.4 Å². The van der Waals surface area contributed by atoms with E-state index in [1.54, 1.807) is 11.3 Å². The molecule has 2 unspecified atom stereocenters. The molecule has 6 heteroatoms. The molecule has 6 rings (SSSR count). The van der Waals surface area contributed by atoms with Crippen LogP contribution >= 0.6 is 11.3 Å². The second-order valence-corrected chi connectivity index (χ2v) is 9.20. The van der Waals surface area contributed by atoms with E-state index in [-0.39, 0.29) is 5.54 Å². The topological polar surface area (TPSA) is 78.5 Å². The van der Waals surface area contributed by atoms with Gasteiger partial charge >= 0.3 is 0 Å². The number of thiophene rings is 1. The summed E-state index contributed by atoms with van der Waals surface area (Å²) >= 11 is 1.63. The standard InChI is InChI=1S/C18H22N2O3S/c21-17-6-12-5-16(9-17,10-18(22,7-12)11-17)19-8-13-4-14(23-20-13)15-2-1-3-24-15/h1-4,12,19,21-22H,5-11H2. The first-order valence-corrected chi connectivity index (χ1v) is 9.52. The minimum Gasteiger partial charge on any atom is -0.390 e. The average molecular weight is 346 g/mol. The molecule has 2 heterocycles. The lowest BCUT2D eigenvalue weighted by Gasteiger charge is -2.63. The highest BCUT2D eigenvalue weighted by atomic mass is 32.1. The molecule has 0 spiro atoms. The van der Waals surface area contributed by atoms with Crippen LogP contribution in [0.3, 0.4) is 0 Å². The molecular weight excluding hydrogens is 324 g/mol. The molecule has 4 saturated carbocycles. The smallest absolute Gasteiger partial charge is 0.177 e. The van der Waals surface area contributed by atoms with Gasteiger partial charge < -0.3 is 20.1 Å². The Morgan fingerprint density at radius 3 is 2.67 bits per heavy atom. The molecule has 2 atom stereocenters. The maximum atomic E-state index is 10.8. The van der Waals surface area contributed by atoms with Gasteiger partial charge in [0.05, 0.1) is 21.8 Å². The predicted octanol–water partition coefficient (Wildman–Crippen LogP) is 2.69. The van der Waals surface area contributed by atoms with Crippen LogP contribution in [-0.2, 0) is 6.54 Å². The highest BCUT2D eigenvalue weighted by Crippen LogP contribution is 2.59. The Bertz CT molecular complexity index is 738. The quantitative estimate of drug-likeness (QED) is 0.793. The third kappa shape index (κ3) is 2.44. The molecule has 2 aromatic heterocycles. The molecule has 0 aromatic carbocycles. The van der Waals surface area contributed by atoms with Crippen LogP contribution in [0.5, 0.6) is 0 Å². The van der Waals surface area contributed by atoms with E-state index in [9.17, 15) is 10.2 Å². The Morgan fingerprint density at radius 2 is 2.00 bits per heavy atom. The zero-order valence-corrected chi connectivity index (χ0v) is 14.3. The third-order valence-electron chi connectivity index (χ3n) is 5.98. The van der Waals surface area contributed by atoms with E-state index in [1.807, 2.05) is 23.6 Å². The summed E-state index contributed by atoms with van der Waals surface area (Å²) in [7, 11) is 0. The first-order chi connectivity index (χ1) is 11.5. The van der Waals surface area contributed by atoms with E-state index in [1.165, 1.54) is 0 Å². The number of rotatable bonds is 4. The van der Waals surface area contributed by atoms with Crippen molar-refractivity contribution in [1.82, 2.24) is 10.5 Å². The highest BCUT2D eigenvalue weighted by molar-refractivity contribution is 7.13. The molecule has 24 heavy (non-hydrogen) atoms. The van der Waals surface area contributed by atoms with E-state index in [4.69, 9.17) is 4.52 Å². The summed E-state index contributed by atoms with van der Waals surface area (Å²) in [4.78, 5) is 1.08. The van der Waals surface area contributed by atoms with Crippen molar-refractivity contribution in [2.24, 2.45) is 5.92 Å². The van der Waals surface area contributed by atoms with E-state index < -0.39 is 11.2 Å². The lowest BCUT2D eigenvalue weighted by Crippen LogP contribution is -2.69. The van der Waals surface area contributed by atoms with Crippen LogP contribution in [0.25, 0.3) is 10.6 Å².